The fraction of sp³-hybridized carbons (Fsp3) is 0.0909. The topological polar surface area (TPSA) is 66.0 Å². The van der Waals surface area contributed by atoms with E-state index in [0.717, 1.165) is 0 Å². The second kappa shape index (κ2) is 3.57. The number of carbonyl (C=O) groups excluding carboxylic acids is 1. The highest BCUT2D eigenvalue weighted by Crippen LogP contribution is 2.29. The molecular formula is C11H10N2O2. The van der Waals surface area contributed by atoms with Crippen molar-refractivity contribution in [1.29, 1.82) is 0 Å². The number of H-pyrrole nitrogens is 1. The van der Waals surface area contributed by atoms with E-state index in [1.165, 1.54) is 13.1 Å². The number of nitrogens with zero attached hydrogens (tertiary/aromatic N) is 1. The van der Waals surface area contributed by atoms with Gasteiger partial charge in [-0.2, -0.15) is 5.10 Å². The molecule has 4 nitrogen and oxygen atoms in total. The van der Waals surface area contributed by atoms with E-state index >= 15 is 0 Å². The van der Waals surface area contributed by atoms with Gasteiger partial charge in [-0.25, -0.2) is 0 Å². The molecule has 1 aromatic carbocycles. The standard InChI is InChI=1S/C11H10N2O2/c1-7(14)9-6-12-13-11(9)8-4-2-3-5-10(8)15/h2-6,15H,1H3,(H,12,13). The first-order chi connectivity index (χ1) is 7.20. The van der Waals surface area contributed by atoms with Crippen LogP contribution in [0.1, 0.15) is 17.3 Å². The minimum atomic E-state index is -0.0815. The van der Waals surface area contributed by atoms with Crippen LogP contribution >= 0.6 is 0 Å². The minimum Gasteiger partial charge on any atom is -0.507 e. The van der Waals surface area contributed by atoms with E-state index in [0.29, 0.717) is 16.8 Å². The Morgan fingerprint density at radius 1 is 1.40 bits per heavy atom. The Hall–Kier alpha value is -2.10. The molecule has 1 aromatic heterocycles. The molecule has 0 fully saturated rings. The van der Waals surface area contributed by atoms with Gasteiger partial charge in [0.2, 0.25) is 0 Å². The van der Waals surface area contributed by atoms with Gasteiger partial charge in [-0.3, -0.25) is 9.89 Å². The van der Waals surface area contributed by atoms with Gasteiger partial charge in [0, 0.05) is 5.56 Å². The largest absolute Gasteiger partial charge is 0.507 e. The summed E-state index contributed by atoms with van der Waals surface area (Å²) in [6.07, 6.45) is 1.46. The number of hydrogen-bond acceptors (Lipinski definition) is 3. The zero-order valence-corrected chi connectivity index (χ0v) is 8.19. The molecule has 0 amide bonds. The normalized spacial score (nSPS) is 10.2. The van der Waals surface area contributed by atoms with Crippen LogP contribution in [0.5, 0.6) is 5.75 Å². The fourth-order valence-corrected chi connectivity index (χ4v) is 1.44. The van der Waals surface area contributed by atoms with E-state index < -0.39 is 0 Å². The predicted octanol–water partition coefficient (Wildman–Crippen LogP) is 1.98. The van der Waals surface area contributed by atoms with E-state index in [1.54, 1.807) is 24.3 Å². The highest BCUT2D eigenvalue weighted by molar-refractivity contribution is 6.00. The molecule has 0 aliphatic rings. The van der Waals surface area contributed by atoms with Crippen LogP contribution in [0.3, 0.4) is 0 Å². The number of benzene rings is 1. The molecule has 0 radical (unpaired) electrons. The quantitative estimate of drug-likeness (QED) is 0.732. The molecule has 4 heteroatoms. The van der Waals surface area contributed by atoms with Gasteiger partial charge in [0.05, 0.1) is 17.5 Å². The fourth-order valence-electron chi connectivity index (χ4n) is 1.44. The minimum absolute atomic E-state index is 0.0815. The van der Waals surface area contributed by atoms with Crippen molar-refractivity contribution < 1.29 is 9.90 Å². The molecule has 0 saturated heterocycles. The Bertz CT molecular complexity index is 503. The van der Waals surface area contributed by atoms with E-state index in [9.17, 15) is 9.90 Å². The number of phenolic OH excluding ortho intramolecular Hbond substituents is 1. The smallest absolute Gasteiger partial charge is 0.163 e. The summed E-state index contributed by atoms with van der Waals surface area (Å²) in [5, 5.41) is 16.1. The number of nitrogens with one attached hydrogen (secondary N) is 1. The number of phenols is 1. The zero-order chi connectivity index (χ0) is 10.8. The van der Waals surface area contributed by atoms with Gasteiger partial charge in [0.15, 0.2) is 5.78 Å². The maximum atomic E-state index is 11.3. The molecule has 0 spiro atoms. The average Bonchev–Trinajstić information content (AvgIpc) is 2.67. The lowest BCUT2D eigenvalue weighted by Crippen LogP contribution is -1.92. The lowest BCUT2D eigenvalue weighted by atomic mass is 10.1. The summed E-state index contributed by atoms with van der Waals surface area (Å²) in [6, 6.07) is 6.82. The Labute approximate surface area is 86.6 Å². The van der Waals surface area contributed by atoms with Crippen LogP contribution in [0, 0.1) is 0 Å². The Morgan fingerprint density at radius 2 is 2.13 bits per heavy atom. The Morgan fingerprint density at radius 3 is 2.80 bits per heavy atom. The van der Waals surface area contributed by atoms with Gasteiger partial charge < -0.3 is 5.11 Å². The van der Waals surface area contributed by atoms with Crippen molar-refractivity contribution in [2.45, 2.75) is 6.92 Å². The van der Waals surface area contributed by atoms with Crippen LogP contribution in [-0.2, 0) is 0 Å². The number of carbonyl (C=O) groups is 1. The molecule has 0 aliphatic carbocycles. The summed E-state index contributed by atoms with van der Waals surface area (Å²) in [6.45, 7) is 1.47. The molecule has 2 N–H and O–H groups in total. The number of ketones is 1. The first-order valence-electron chi connectivity index (χ1n) is 4.53. The molecule has 76 valence electrons. The summed E-state index contributed by atoms with van der Waals surface area (Å²) in [7, 11) is 0. The van der Waals surface area contributed by atoms with Crippen molar-refractivity contribution in [2.24, 2.45) is 0 Å². The molecule has 0 unspecified atom stereocenters. The van der Waals surface area contributed by atoms with Crippen molar-refractivity contribution >= 4 is 5.78 Å². The summed E-state index contributed by atoms with van der Waals surface area (Å²) >= 11 is 0. The van der Waals surface area contributed by atoms with Crippen molar-refractivity contribution in [2.75, 3.05) is 0 Å². The van der Waals surface area contributed by atoms with Crippen LogP contribution in [0.15, 0.2) is 30.5 Å². The van der Waals surface area contributed by atoms with Gasteiger partial charge >= 0.3 is 0 Å². The SMILES string of the molecule is CC(=O)c1cn[nH]c1-c1ccccc1O. The van der Waals surface area contributed by atoms with E-state index in [-0.39, 0.29) is 11.5 Å². The van der Waals surface area contributed by atoms with E-state index in [4.69, 9.17) is 0 Å². The molecule has 0 aliphatic heterocycles. The zero-order valence-electron chi connectivity index (χ0n) is 8.19. The summed E-state index contributed by atoms with van der Waals surface area (Å²) < 4.78 is 0. The number of hydrogen-bond donors (Lipinski definition) is 2. The monoisotopic (exact) mass is 202 g/mol. The van der Waals surface area contributed by atoms with Crippen molar-refractivity contribution in [3.63, 3.8) is 0 Å². The van der Waals surface area contributed by atoms with Gasteiger partial charge in [0.25, 0.3) is 0 Å². The third-order valence-electron chi connectivity index (χ3n) is 2.19. The van der Waals surface area contributed by atoms with E-state index in [2.05, 4.69) is 10.2 Å². The maximum absolute atomic E-state index is 11.3. The van der Waals surface area contributed by atoms with Crippen molar-refractivity contribution in [3.8, 4) is 17.0 Å². The van der Waals surface area contributed by atoms with Gasteiger partial charge in [-0.05, 0) is 19.1 Å². The third kappa shape index (κ3) is 1.61. The van der Waals surface area contributed by atoms with Crippen LogP contribution in [0.4, 0.5) is 0 Å². The number of para-hydroxylation sites is 1. The molecule has 0 bridgehead atoms. The summed E-state index contributed by atoms with van der Waals surface area (Å²) in [4.78, 5) is 11.3. The lowest BCUT2D eigenvalue weighted by Gasteiger charge is -2.02. The third-order valence-corrected chi connectivity index (χ3v) is 2.19. The van der Waals surface area contributed by atoms with Gasteiger partial charge in [-0.15, -0.1) is 0 Å². The molecule has 15 heavy (non-hydrogen) atoms. The Kier molecular flexibility index (Phi) is 2.25. The molecule has 2 rings (SSSR count). The second-order valence-corrected chi connectivity index (χ2v) is 3.23. The Balaban J connectivity index is 2.59. The number of Topliss-reactive ketones (excluding diaryl/α,β-unsaturated/α-hetero) is 1. The maximum Gasteiger partial charge on any atom is 0.163 e. The first-order valence-corrected chi connectivity index (χ1v) is 4.53. The van der Waals surface area contributed by atoms with Crippen LogP contribution in [0.25, 0.3) is 11.3 Å². The molecule has 1 heterocycles. The number of aromatic hydroxyl groups is 1. The summed E-state index contributed by atoms with van der Waals surface area (Å²) in [5.41, 5.74) is 1.62. The first kappa shape index (κ1) is 9.45. The number of aromatic nitrogens is 2. The molecular weight excluding hydrogens is 192 g/mol. The van der Waals surface area contributed by atoms with E-state index in [1.807, 2.05) is 0 Å². The predicted molar refractivity (Wildman–Crippen MR) is 55.7 cm³/mol. The molecule has 2 aromatic rings. The summed E-state index contributed by atoms with van der Waals surface area (Å²) in [5.74, 6) is 0.0475. The number of rotatable bonds is 2. The van der Waals surface area contributed by atoms with Crippen LogP contribution in [-0.4, -0.2) is 21.1 Å². The van der Waals surface area contributed by atoms with Crippen LogP contribution < -0.4 is 0 Å². The van der Waals surface area contributed by atoms with Crippen molar-refractivity contribution in [1.82, 2.24) is 10.2 Å². The van der Waals surface area contributed by atoms with Crippen LogP contribution in [0.2, 0.25) is 0 Å². The molecule has 0 saturated carbocycles. The van der Waals surface area contributed by atoms with Gasteiger partial charge in [-0.1, -0.05) is 12.1 Å². The highest BCUT2D eigenvalue weighted by atomic mass is 16.3. The average molecular weight is 202 g/mol. The highest BCUT2D eigenvalue weighted by Gasteiger charge is 2.13. The second-order valence-electron chi connectivity index (χ2n) is 3.23. The number of aromatic amines is 1. The molecule has 0 atom stereocenters. The van der Waals surface area contributed by atoms with Gasteiger partial charge in [0.1, 0.15) is 5.75 Å². The lowest BCUT2D eigenvalue weighted by molar-refractivity contribution is 0.101. The van der Waals surface area contributed by atoms with Crippen molar-refractivity contribution in [3.05, 3.63) is 36.0 Å².